The van der Waals surface area contributed by atoms with Crippen LogP contribution in [0.4, 0.5) is 4.79 Å². The fourth-order valence-electron chi connectivity index (χ4n) is 2.49. The van der Waals surface area contributed by atoms with Gasteiger partial charge in [-0.05, 0) is 36.2 Å². The van der Waals surface area contributed by atoms with Crippen molar-refractivity contribution >= 4 is 29.4 Å². The number of nitrogens with one attached hydrogen (secondary N) is 2. The van der Waals surface area contributed by atoms with Crippen LogP contribution in [-0.4, -0.2) is 41.4 Å². The number of hydrogen-bond acceptors (Lipinski definition) is 7. The summed E-state index contributed by atoms with van der Waals surface area (Å²) in [5.41, 5.74) is 1.51. The van der Waals surface area contributed by atoms with E-state index in [9.17, 15) is 14.4 Å². The van der Waals surface area contributed by atoms with Crippen molar-refractivity contribution in [2.75, 3.05) is 14.2 Å². The van der Waals surface area contributed by atoms with Crippen molar-refractivity contribution in [2.24, 2.45) is 0 Å². The number of carbonyl (C=O) groups excluding carboxylic acids is 3. The molecule has 26 heavy (non-hydrogen) atoms. The van der Waals surface area contributed by atoms with Crippen LogP contribution in [0.15, 0.2) is 30.3 Å². The number of amides is 4. The number of rotatable bonds is 5. The second kappa shape index (κ2) is 6.64. The van der Waals surface area contributed by atoms with Crippen LogP contribution in [0.3, 0.4) is 0 Å². The lowest BCUT2D eigenvalue weighted by Gasteiger charge is -2.22. The molecule has 1 unspecified atom stereocenters. The van der Waals surface area contributed by atoms with E-state index >= 15 is 0 Å². The van der Waals surface area contributed by atoms with Crippen molar-refractivity contribution in [2.45, 2.75) is 12.5 Å². The zero-order valence-electron chi connectivity index (χ0n) is 14.2. The number of nitrogens with zero attached hydrogens (tertiary/aromatic N) is 2. The Balaban J connectivity index is 1.83. The SMILES string of the molecule is COc1cccc(C2(C)NC(=O)N(NC(=O)c3cc(OC)ns3)C2=O)c1. The summed E-state index contributed by atoms with van der Waals surface area (Å²) < 4.78 is 14.0. The van der Waals surface area contributed by atoms with Crippen molar-refractivity contribution in [3.05, 3.63) is 40.8 Å². The van der Waals surface area contributed by atoms with E-state index in [4.69, 9.17) is 9.47 Å². The monoisotopic (exact) mass is 376 g/mol. The number of benzene rings is 1. The van der Waals surface area contributed by atoms with Gasteiger partial charge in [0.1, 0.15) is 16.2 Å². The highest BCUT2D eigenvalue weighted by Crippen LogP contribution is 2.30. The van der Waals surface area contributed by atoms with Gasteiger partial charge in [-0.15, -0.1) is 0 Å². The third-order valence-electron chi connectivity index (χ3n) is 3.97. The zero-order chi connectivity index (χ0) is 18.9. The van der Waals surface area contributed by atoms with E-state index in [1.165, 1.54) is 20.3 Å². The van der Waals surface area contributed by atoms with Crippen LogP contribution in [0.5, 0.6) is 11.6 Å². The van der Waals surface area contributed by atoms with Gasteiger partial charge in [-0.3, -0.25) is 15.0 Å². The number of urea groups is 1. The summed E-state index contributed by atoms with van der Waals surface area (Å²) in [6, 6.07) is 7.47. The molecule has 0 spiro atoms. The maximum Gasteiger partial charge on any atom is 0.344 e. The van der Waals surface area contributed by atoms with Crippen molar-refractivity contribution in [1.29, 1.82) is 0 Å². The second-order valence-corrected chi connectivity index (χ2v) is 6.41. The normalized spacial score (nSPS) is 19.3. The smallest absolute Gasteiger partial charge is 0.344 e. The lowest BCUT2D eigenvalue weighted by atomic mass is 9.92. The maximum absolute atomic E-state index is 12.8. The molecule has 1 aliphatic heterocycles. The van der Waals surface area contributed by atoms with Crippen LogP contribution >= 0.6 is 11.5 Å². The van der Waals surface area contributed by atoms with Gasteiger partial charge in [-0.1, -0.05) is 12.1 Å². The predicted octanol–water partition coefficient (Wildman–Crippen LogP) is 1.27. The fraction of sp³-hybridized carbons (Fsp3) is 0.250. The van der Waals surface area contributed by atoms with E-state index in [2.05, 4.69) is 15.1 Å². The highest BCUT2D eigenvalue weighted by atomic mass is 32.1. The molecular weight excluding hydrogens is 360 g/mol. The first-order valence-corrected chi connectivity index (χ1v) is 8.29. The molecule has 1 fully saturated rings. The van der Waals surface area contributed by atoms with E-state index in [1.807, 2.05) is 0 Å². The summed E-state index contributed by atoms with van der Waals surface area (Å²) in [6.07, 6.45) is 0. The number of ether oxygens (including phenoxy) is 2. The average Bonchev–Trinajstić information content (AvgIpc) is 3.21. The first-order valence-electron chi connectivity index (χ1n) is 7.52. The first kappa shape index (κ1) is 17.7. The molecule has 2 aromatic rings. The molecule has 0 radical (unpaired) electrons. The van der Waals surface area contributed by atoms with Gasteiger partial charge in [-0.25, -0.2) is 4.79 Å². The second-order valence-electron chi connectivity index (χ2n) is 5.60. The molecule has 136 valence electrons. The standard InChI is InChI=1S/C16H16N4O5S/c1-16(9-5-4-6-10(7-9)24-2)14(22)20(15(23)17-16)18-13(21)11-8-12(25-3)19-26-11/h4-8H,1-3H3,(H,17,23)(H,18,21). The van der Waals surface area contributed by atoms with Gasteiger partial charge >= 0.3 is 6.03 Å². The third kappa shape index (κ3) is 2.94. The number of hydrazine groups is 1. The number of carbonyl (C=O) groups is 3. The minimum atomic E-state index is -1.33. The number of hydrogen-bond donors (Lipinski definition) is 2. The topological polar surface area (TPSA) is 110 Å². The van der Waals surface area contributed by atoms with E-state index in [0.717, 1.165) is 11.5 Å². The molecule has 4 amide bonds. The minimum absolute atomic E-state index is 0.206. The number of aromatic nitrogens is 1. The average molecular weight is 376 g/mol. The molecule has 3 rings (SSSR count). The predicted molar refractivity (Wildman–Crippen MR) is 91.9 cm³/mol. The Morgan fingerprint density at radius 1 is 1.27 bits per heavy atom. The van der Waals surface area contributed by atoms with Gasteiger partial charge in [0.15, 0.2) is 0 Å². The molecule has 10 heteroatoms. The maximum atomic E-state index is 12.8. The number of methoxy groups -OCH3 is 2. The van der Waals surface area contributed by atoms with E-state index < -0.39 is 23.4 Å². The van der Waals surface area contributed by atoms with Crippen molar-refractivity contribution in [1.82, 2.24) is 20.1 Å². The summed E-state index contributed by atoms with van der Waals surface area (Å²) >= 11 is 0.896. The Morgan fingerprint density at radius 3 is 2.69 bits per heavy atom. The van der Waals surface area contributed by atoms with E-state index in [-0.39, 0.29) is 10.8 Å². The van der Waals surface area contributed by atoms with Gasteiger partial charge in [0.2, 0.25) is 5.88 Å². The quantitative estimate of drug-likeness (QED) is 0.761. The van der Waals surface area contributed by atoms with Crippen LogP contribution < -0.4 is 20.2 Å². The Hall–Kier alpha value is -3.14. The van der Waals surface area contributed by atoms with Gasteiger partial charge in [0, 0.05) is 6.07 Å². The van der Waals surface area contributed by atoms with Gasteiger partial charge in [-0.2, -0.15) is 9.38 Å². The zero-order valence-corrected chi connectivity index (χ0v) is 15.0. The molecule has 1 aromatic carbocycles. The molecule has 1 aromatic heterocycles. The summed E-state index contributed by atoms with van der Waals surface area (Å²) in [6.45, 7) is 1.56. The van der Waals surface area contributed by atoms with Gasteiger partial charge in [0.05, 0.1) is 14.2 Å². The van der Waals surface area contributed by atoms with Crippen LogP contribution in [0.25, 0.3) is 0 Å². The molecule has 0 aliphatic carbocycles. The third-order valence-corrected chi connectivity index (χ3v) is 4.74. The Kier molecular flexibility index (Phi) is 4.51. The largest absolute Gasteiger partial charge is 0.497 e. The summed E-state index contributed by atoms with van der Waals surface area (Å²) in [5, 5.41) is 3.26. The van der Waals surface area contributed by atoms with Crippen LogP contribution in [-0.2, 0) is 10.3 Å². The molecular formula is C16H16N4O5S. The lowest BCUT2D eigenvalue weighted by Crippen LogP contribution is -2.47. The van der Waals surface area contributed by atoms with E-state index in [1.54, 1.807) is 31.2 Å². The molecule has 0 bridgehead atoms. The first-order chi connectivity index (χ1) is 12.4. The molecule has 1 aliphatic rings. The molecule has 2 N–H and O–H groups in total. The molecule has 1 atom stereocenters. The Labute approximate surface area is 153 Å². The van der Waals surface area contributed by atoms with Crippen LogP contribution in [0.1, 0.15) is 22.2 Å². The summed E-state index contributed by atoms with van der Waals surface area (Å²) in [4.78, 5) is 37.6. The van der Waals surface area contributed by atoms with E-state index in [0.29, 0.717) is 16.3 Å². The Bertz CT molecular complexity index is 883. The summed E-state index contributed by atoms with van der Waals surface area (Å²) in [7, 11) is 2.93. The summed E-state index contributed by atoms with van der Waals surface area (Å²) in [5.74, 6) is -0.423. The molecule has 2 heterocycles. The highest BCUT2D eigenvalue weighted by Gasteiger charge is 2.50. The van der Waals surface area contributed by atoms with Crippen LogP contribution in [0.2, 0.25) is 0 Å². The van der Waals surface area contributed by atoms with Crippen molar-refractivity contribution in [3.63, 3.8) is 0 Å². The van der Waals surface area contributed by atoms with Crippen molar-refractivity contribution < 1.29 is 23.9 Å². The lowest BCUT2D eigenvalue weighted by molar-refractivity contribution is -0.132. The number of imide groups is 1. The minimum Gasteiger partial charge on any atom is -0.497 e. The van der Waals surface area contributed by atoms with Gasteiger partial charge < -0.3 is 14.8 Å². The van der Waals surface area contributed by atoms with Gasteiger partial charge in [0.25, 0.3) is 11.8 Å². The molecule has 1 saturated heterocycles. The highest BCUT2D eigenvalue weighted by molar-refractivity contribution is 7.08. The Morgan fingerprint density at radius 2 is 2.04 bits per heavy atom. The fourth-order valence-corrected chi connectivity index (χ4v) is 3.09. The molecule has 0 saturated carbocycles. The molecule has 9 nitrogen and oxygen atoms in total. The van der Waals surface area contributed by atoms with Crippen LogP contribution in [0, 0.1) is 0 Å². The van der Waals surface area contributed by atoms with Crippen molar-refractivity contribution in [3.8, 4) is 11.6 Å².